The molecule has 0 saturated carbocycles. The molecule has 1 aliphatic heterocycles. The minimum absolute atomic E-state index is 0.132. The summed E-state index contributed by atoms with van der Waals surface area (Å²) in [7, 11) is 0. The van der Waals surface area contributed by atoms with Gasteiger partial charge in [-0.2, -0.15) is 0 Å². The number of rotatable bonds is 4. The molecule has 5 heteroatoms. The topological polar surface area (TPSA) is 19.4 Å². The van der Waals surface area contributed by atoms with E-state index in [1.54, 1.807) is 23.5 Å². The minimum atomic E-state index is -0.132. The van der Waals surface area contributed by atoms with Gasteiger partial charge in [0.25, 0.3) is 0 Å². The second-order valence-electron chi connectivity index (χ2n) is 6.58. The molecule has 2 aromatic carbocycles. The Hall–Kier alpha value is -2.24. The number of para-hydroxylation sites is 1. The lowest BCUT2D eigenvalue weighted by molar-refractivity contribution is 0.282. The lowest BCUT2D eigenvalue weighted by Crippen LogP contribution is -2.31. The maximum Gasteiger partial charge on any atom is 0.146 e. The van der Waals surface area contributed by atoms with Crippen LogP contribution < -0.4 is 4.90 Å². The second-order valence-corrected chi connectivity index (χ2v) is 7.44. The van der Waals surface area contributed by atoms with Gasteiger partial charge in [0.15, 0.2) is 0 Å². The van der Waals surface area contributed by atoms with E-state index in [1.807, 2.05) is 30.3 Å². The van der Waals surface area contributed by atoms with E-state index >= 15 is 0 Å². The Kier molecular flexibility index (Phi) is 5.27. The number of halogens is 1. The van der Waals surface area contributed by atoms with Crippen LogP contribution in [0.1, 0.15) is 12.1 Å². The highest BCUT2D eigenvalue weighted by molar-refractivity contribution is 7.13. The standard InChI is InChI=1S/C21H22FN3S/c22-19-9-4-5-10-20(19)25-12-6-11-24(13-14-25)15-18-16-26-21(23-18)17-7-2-1-3-8-17/h1-5,7-10,16H,6,11-15H2. The van der Waals surface area contributed by atoms with Crippen LogP contribution in [0.4, 0.5) is 10.1 Å². The summed E-state index contributed by atoms with van der Waals surface area (Å²) in [5.41, 5.74) is 3.01. The van der Waals surface area contributed by atoms with Crippen LogP contribution >= 0.6 is 11.3 Å². The van der Waals surface area contributed by atoms with Gasteiger partial charge in [0, 0.05) is 43.7 Å². The number of hydrogen-bond donors (Lipinski definition) is 0. The average molecular weight is 367 g/mol. The van der Waals surface area contributed by atoms with Gasteiger partial charge in [-0.05, 0) is 18.6 Å². The SMILES string of the molecule is Fc1ccccc1N1CCCN(Cc2csc(-c3ccccc3)n2)CC1. The first-order chi connectivity index (χ1) is 12.8. The van der Waals surface area contributed by atoms with Crippen molar-refractivity contribution in [1.29, 1.82) is 0 Å². The molecule has 0 amide bonds. The molecule has 4 rings (SSSR count). The molecule has 2 heterocycles. The summed E-state index contributed by atoms with van der Waals surface area (Å²) in [6, 6.07) is 17.4. The van der Waals surface area contributed by atoms with E-state index in [4.69, 9.17) is 4.98 Å². The first-order valence-electron chi connectivity index (χ1n) is 9.01. The van der Waals surface area contributed by atoms with Crippen LogP contribution in [0.25, 0.3) is 10.6 Å². The molecule has 1 aliphatic rings. The van der Waals surface area contributed by atoms with Gasteiger partial charge in [-0.1, -0.05) is 42.5 Å². The van der Waals surface area contributed by atoms with Crippen LogP contribution in [0.15, 0.2) is 60.0 Å². The van der Waals surface area contributed by atoms with E-state index in [9.17, 15) is 4.39 Å². The highest BCUT2D eigenvalue weighted by Gasteiger charge is 2.18. The summed E-state index contributed by atoms with van der Waals surface area (Å²) in [6.45, 7) is 4.53. The molecule has 0 unspecified atom stereocenters. The maximum atomic E-state index is 14.1. The van der Waals surface area contributed by atoms with Gasteiger partial charge in [-0.3, -0.25) is 4.90 Å². The van der Waals surface area contributed by atoms with E-state index < -0.39 is 0 Å². The van der Waals surface area contributed by atoms with Crippen LogP contribution in [-0.2, 0) is 6.54 Å². The van der Waals surface area contributed by atoms with Crippen LogP contribution in [-0.4, -0.2) is 36.1 Å². The Balaban J connectivity index is 1.39. The summed E-state index contributed by atoms with van der Waals surface area (Å²) in [6.07, 6.45) is 1.03. The first kappa shape index (κ1) is 17.2. The summed E-state index contributed by atoms with van der Waals surface area (Å²) < 4.78 is 14.1. The molecular weight excluding hydrogens is 345 g/mol. The van der Waals surface area contributed by atoms with Crippen LogP contribution in [0.3, 0.4) is 0 Å². The molecule has 0 atom stereocenters. The zero-order valence-corrected chi connectivity index (χ0v) is 15.5. The summed E-state index contributed by atoms with van der Waals surface area (Å²) >= 11 is 1.70. The average Bonchev–Trinajstić information content (AvgIpc) is 3.02. The smallest absolute Gasteiger partial charge is 0.146 e. The van der Waals surface area contributed by atoms with Gasteiger partial charge in [0.1, 0.15) is 10.8 Å². The molecule has 0 spiro atoms. The fourth-order valence-corrected chi connectivity index (χ4v) is 4.22. The zero-order valence-electron chi connectivity index (χ0n) is 14.6. The van der Waals surface area contributed by atoms with Crippen LogP contribution in [0.5, 0.6) is 0 Å². The van der Waals surface area contributed by atoms with Gasteiger partial charge in [0.05, 0.1) is 11.4 Å². The van der Waals surface area contributed by atoms with Crippen molar-refractivity contribution in [3.8, 4) is 10.6 Å². The number of benzene rings is 2. The number of aromatic nitrogens is 1. The number of anilines is 1. The van der Waals surface area contributed by atoms with E-state index in [0.29, 0.717) is 0 Å². The van der Waals surface area contributed by atoms with Crippen molar-refractivity contribution < 1.29 is 4.39 Å². The maximum absolute atomic E-state index is 14.1. The van der Waals surface area contributed by atoms with Gasteiger partial charge in [-0.15, -0.1) is 11.3 Å². The highest BCUT2D eigenvalue weighted by Crippen LogP contribution is 2.25. The predicted octanol–water partition coefficient (Wildman–Crippen LogP) is 4.66. The Bertz CT molecular complexity index is 849. The van der Waals surface area contributed by atoms with E-state index in [1.165, 1.54) is 5.56 Å². The first-order valence-corrected chi connectivity index (χ1v) is 9.89. The molecule has 1 aromatic heterocycles. The van der Waals surface area contributed by atoms with Crippen LogP contribution in [0, 0.1) is 5.82 Å². The van der Waals surface area contributed by atoms with Crippen molar-refractivity contribution in [2.24, 2.45) is 0 Å². The largest absolute Gasteiger partial charge is 0.368 e. The molecule has 0 aliphatic carbocycles. The molecular formula is C21H22FN3S. The molecule has 0 radical (unpaired) electrons. The van der Waals surface area contributed by atoms with Crippen molar-refractivity contribution in [3.05, 3.63) is 71.5 Å². The number of thiazole rings is 1. The van der Waals surface area contributed by atoms with Crippen LogP contribution in [0.2, 0.25) is 0 Å². The molecule has 3 aromatic rings. The van der Waals surface area contributed by atoms with E-state index in [-0.39, 0.29) is 5.82 Å². The fourth-order valence-electron chi connectivity index (χ4n) is 3.40. The van der Waals surface area contributed by atoms with Gasteiger partial charge in [0.2, 0.25) is 0 Å². The molecule has 0 bridgehead atoms. The molecule has 1 fully saturated rings. The van der Waals surface area contributed by atoms with Crippen molar-refractivity contribution >= 4 is 17.0 Å². The Morgan fingerprint density at radius 3 is 2.58 bits per heavy atom. The molecule has 3 nitrogen and oxygen atoms in total. The monoisotopic (exact) mass is 367 g/mol. The molecule has 134 valence electrons. The van der Waals surface area contributed by atoms with E-state index in [0.717, 1.165) is 55.5 Å². The minimum Gasteiger partial charge on any atom is -0.368 e. The summed E-state index contributed by atoms with van der Waals surface area (Å²) in [5, 5.41) is 3.23. The fraction of sp³-hybridized carbons (Fsp3) is 0.286. The third-order valence-corrected chi connectivity index (χ3v) is 5.68. The molecule has 0 N–H and O–H groups in total. The van der Waals surface area contributed by atoms with Gasteiger partial charge < -0.3 is 4.90 Å². The third kappa shape index (κ3) is 3.94. The highest BCUT2D eigenvalue weighted by atomic mass is 32.1. The Labute approximate surface area is 157 Å². The van der Waals surface area contributed by atoms with Crippen molar-refractivity contribution in [2.75, 3.05) is 31.1 Å². The normalized spacial score (nSPS) is 15.8. The number of nitrogens with zero attached hydrogens (tertiary/aromatic N) is 3. The lowest BCUT2D eigenvalue weighted by atomic mass is 10.2. The summed E-state index contributed by atoms with van der Waals surface area (Å²) in [5.74, 6) is -0.132. The van der Waals surface area contributed by atoms with Crippen molar-refractivity contribution in [2.45, 2.75) is 13.0 Å². The quantitative estimate of drug-likeness (QED) is 0.668. The zero-order chi connectivity index (χ0) is 17.8. The van der Waals surface area contributed by atoms with Crippen molar-refractivity contribution in [1.82, 2.24) is 9.88 Å². The third-order valence-electron chi connectivity index (χ3n) is 4.74. The molecule has 1 saturated heterocycles. The Morgan fingerprint density at radius 2 is 1.73 bits per heavy atom. The lowest BCUT2D eigenvalue weighted by Gasteiger charge is -2.23. The van der Waals surface area contributed by atoms with Gasteiger partial charge >= 0.3 is 0 Å². The second kappa shape index (κ2) is 7.98. The van der Waals surface area contributed by atoms with Gasteiger partial charge in [-0.25, -0.2) is 9.37 Å². The number of hydrogen-bond acceptors (Lipinski definition) is 4. The summed E-state index contributed by atoms with van der Waals surface area (Å²) in [4.78, 5) is 9.38. The predicted molar refractivity (Wildman–Crippen MR) is 106 cm³/mol. The van der Waals surface area contributed by atoms with E-state index in [2.05, 4.69) is 27.3 Å². The molecule has 26 heavy (non-hydrogen) atoms. The Morgan fingerprint density at radius 1 is 0.923 bits per heavy atom. The van der Waals surface area contributed by atoms with Crippen molar-refractivity contribution in [3.63, 3.8) is 0 Å².